The summed E-state index contributed by atoms with van der Waals surface area (Å²) >= 11 is 0. The summed E-state index contributed by atoms with van der Waals surface area (Å²) in [5.41, 5.74) is 0.00838. The van der Waals surface area contributed by atoms with Gasteiger partial charge >= 0.3 is 0 Å². The monoisotopic (exact) mass is 278 g/mol. The van der Waals surface area contributed by atoms with Gasteiger partial charge in [0.25, 0.3) is 5.91 Å². The highest BCUT2D eigenvalue weighted by molar-refractivity contribution is 6.04. The van der Waals surface area contributed by atoms with Gasteiger partial charge in [-0.2, -0.15) is 0 Å². The molecule has 0 saturated carbocycles. The van der Waals surface area contributed by atoms with Crippen LogP contribution < -0.4 is 15.4 Å². The molecule has 1 aromatic rings. The van der Waals surface area contributed by atoms with Crippen molar-refractivity contribution < 1.29 is 24.2 Å². The van der Waals surface area contributed by atoms with Gasteiger partial charge in [0.1, 0.15) is 6.04 Å². The number of hydrogen-bond donors (Lipinski definition) is 3. The molecule has 1 fully saturated rings. The van der Waals surface area contributed by atoms with Crippen molar-refractivity contribution in [2.24, 2.45) is 0 Å². The van der Waals surface area contributed by atoms with Crippen LogP contribution in [0.3, 0.4) is 0 Å². The molecular weight excluding hydrogens is 264 g/mol. The Morgan fingerprint density at radius 2 is 2.20 bits per heavy atom. The van der Waals surface area contributed by atoms with E-state index in [9.17, 15) is 19.5 Å². The predicted molar refractivity (Wildman–Crippen MR) is 68.3 cm³/mol. The molecule has 1 aliphatic heterocycles. The van der Waals surface area contributed by atoms with E-state index in [0.717, 1.165) is 0 Å². The van der Waals surface area contributed by atoms with Gasteiger partial charge in [0, 0.05) is 6.42 Å². The van der Waals surface area contributed by atoms with Crippen molar-refractivity contribution in [2.75, 3.05) is 7.11 Å². The van der Waals surface area contributed by atoms with Gasteiger partial charge in [0.2, 0.25) is 11.8 Å². The fraction of sp³-hybridized carbons (Fsp3) is 0.308. The lowest BCUT2D eigenvalue weighted by molar-refractivity contribution is -0.134. The largest absolute Gasteiger partial charge is 0.504 e. The van der Waals surface area contributed by atoms with E-state index in [1.807, 2.05) is 0 Å². The summed E-state index contributed by atoms with van der Waals surface area (Å²) in [5.74, 6) is -1.63. The Kier molecular flexibility index (Phi) is 3.88. The predicted octanol–water partition coefficient (Wildman–Crippen LogP) is -0.0642. The van der Waals surface area contributed by atoms with E-state index in [2.05, 4.69) is 10.6 Å². The van der Waals surface area contributed by atoms with Gasteiger partial charge in [-0.3, -0.25) is 19.7 Å². The number of phenols is 1. The second-order valence-electron chi connectivity index (χ2n) is 4.33. The molecule has 1 atom stereocenters. The van der Waals surface area contributed by atoms with Gasteiger partial charge in [-0.05, 0) is 18.6 Å². The van der Waals surface area contributed by atoms with Gasteiger partial charge in [-0.1, -0.05) is 6.07 Å². The molecule has 0 bridgehead atoms. The lowest BCUT2D eigenvalue weighted by Gasteiger charge is -2.22. The highest BCUT2D eigenvalue weighted by Crippen LogP contribution is 2.29. The Labute approximate surface area is 114 Å². The molecule has 3 amide bonds. The lowest BCUT2D eigenvalue weighted by atomic mass is 10.1. The molecule has 0 aliphatic carbocycles. The summed E-state index contributed by atoms with van der Waals surface area (Å²) in [6.45, 7) is 0. The maximum atomic E-state index is 12.0. The number of piperidine rings is 1. The van der Waals surface area contributed by atoms with Crippen LogP contribution in [0.2, 0.25) is 0 Å². The number of methoxy groups -OCH3 is 1. The zero-order chi connectivity index (χ0) is 14.7. The number of rotatable bonds is 3. The number of benzene rings is 1. The Hall–Kier alpha value is -2.57. The molecule has 1 saturated heterocycles. The quantitative estimate of drug-likeness (QED) is 0.672. The molecule has 3 N–H and O–H groups in total. The minimum absolute atomic E-state index is 0.00838. The van der Waals surface area contributed by atoms with E-state index in [0.29, 0.717) is 0 Å². The summed E-state index contributed by atoms with van der Waals surface area (Å²) < 4.78 is 4.91. The highest BCUT2D eigenvalue weighted by Gasteiger charge is 2.28. The van der Waals surface area contributed by atoms with E-state index in [1.165, 1.54) is 19.2 Å². The van der Waals surface area contributed by atoms with Crippen LogP contribution in [-0.4, -0.2) is 36.0 Å². The molecule has 0 spiro atoms. The van der Waals surface area contributed by atoms with Crippen LogP contribution >= 0.6 is 0 Å². The van der Waals surface area contributed by atoms with E-state index in [4.69, 9.17) is 4.74 Å². The fourth-order valence-corrected chi connectivity index (χ4v) is 1.94. The van der Waals surface area contributed by atoms with E-state index >= 15 is 0 Å². The van der Waals surface area contributed by atoms with Crippen LogP contribution in [-0.2, 0) is 9.59 Å². The van der Waals surface area contributed by atoms with Crippen molar-refractivity contribution in [1.29, 1.82) is 0 Å². The number of carbonyl (C=O) groups is 3. The molecule has 1 aliphatic rings. The minimum Gasteiger partial charge on any atom is -0.504 e. The number of ether oxygens (including phenoxy) is 1. The maximum Gasteiger partial charge on any atom is 0.255 e. The van der Waals surface area contributed by atoms with Crippen LogP contribution in [0.1, 0.15) is 23.2 Å². The molecule has 2 rings (SSSR count). The number of hydrogen-bond acceptors (Lipinski definition) is 5. The van der Waals surface area contributed by atoms with Crippen LogP contribution in [0.5, 0.6) is 11.5 Å². The number of imide groups is 1. The molecule has 7 heteroatoms. The van der Waals surface area contributed by atoms with Gasteiger partial charge in [-0.25, -0.2) is 0 Å². The Bertz CT molecular complexity index is 570. The average molecular weight is 278 g/mol. The zero-order valence-corrected chi connectivity index (χ0v) is 10.8. The maximum absolute atomic E-state index is 12.0. The second kappa shape index (κ2) is 5.60. The molecule has 0 radical (unpaired) electrons. The first-order valence-corrected chi connectivity index (χ1v) is 6.03. The topological polar surface area (TPSA) is 105 Å². The third kappa shape index (κ3) is 2.71. The number of amides is 3. The smallest absolute Gasteiger partial charge is 0.255 e. The summed E-state index contributed by atoms with van der Waals surface area (Å²) in [4.78, 5) is 34.6. The number of nitrogens with one attached hydrogen (secondary N) is 2. The molecule has 20 heavy (non-hydrogen) atoms. The molecule has 1 unspecified atom stereocenters. The lowest BCUT2D eigenvalue weighted by Crippen LogP contribution is -2.52. The first-order chi connectivity index (χ1) is 9.52. The average Bonchev–Trinajstić information content (AvgIpc) is 2.42. The fourth-order valence-electron chi connectivity index (χ4n) is 1.94. The molecular formula is C13H14N2O5. The van der Waals surface area contributed by atoms with Gasteiger partial charge in [-0.15, -0.1) is 0 Å². The standard InChI is InChI=1S/C13H14N2O5/c1-20-9-4-2-3-7(11(9)17)12(18)14-8-5-6-10(16)15-13(8)19/h2-4,8,17H,5-6H2,1H3,(H,14,18)(H,15,16,19). The second-order valence-corrected chi connectivity index (χ2v) is 4.33. The Morgan fingerprint density at radius 1 is 1.45 bits per heavy atom. The van der Waals surface area contributed by atoms with E-state index in [1.54, 1.807) is 6.07 Å². The normalized spacial score (nSPS) is 18.4. The third-order valence-corrected chi connectivity index (χ3v) is 3.01. The molecule has 106 valence electrons. The van der Waals surface area contributed by atoms with Gasteiger partial charge < -0.3 is 15.2 Å². The van der Waals surface area contributed by atoms with Gasteiger partial charge in [0.05, 0.1) is 12.7 Å². The molecule has 7 nitrogen and oxygen atoms in total. The first kappa shape index (κ1) is 13.9. The number of para-hydroxylation sites is 1. The molecule has 0 aromatic heterocycles. The van der Waals surface area contributed by atoms with Crippen molar-refractivity contribution in [3.05, 3.63) is 23.8 Å². The van der Waals surface area contributed by atoms with Crippen LogP contribution in [0.25, 0.3) is 0 Å². The zero-order valence-electron chi connectivity index (χ0n) is 10.8. The van der Waals surface area contributed by atoms with Crippen LogP contribution in [0, 0.1) is 0 Å². The number of carbonyl (C=O) groups excluding carboxylic acids is 3. The van der Waals surface area contributed by atoms with E-state index in [-0.39, 0.29) is 35.8 Å². The summed E-state index contributed by atoms with van der Waals surface area (Å²) in [5, 5.41) is 14.5. The summed E-state index contributed by atoms with van der Waals surface area (Å²) in [7, 11) is 1.37. The number of phenolic OH excluding ortho intramolecular Hbond substituents is 1. The van der Waals surface area contributed by atoms with Gasteiger partial charge in [0.15, 0.2) is 11.5 Å². The summed E-state index contributed by atoms with van der Waals surface area (Å²) in [6.07, 6.45) is 0.405. The van der Waals surface area contributed by atoms with Crippen molar-refractivity contribution in [1.82, 2.24) is 10.6 Å². The van der Waals surface area contributed by atoms with Crippen molar-refractivity contribution in [3.8, 4) is 11.5 Å². The van der Waals surface area contributed by atoms with Crippen molar-refractivity contribution in [2.45, 2.75) is 18.9 Å². The van der Waals surface area contributed by atoms with Crippen molar-refractivity contribution in [3.63, 3.8) is 0 Å². The number of aromatic hydroxyl groups is 1. The Balaban J connectivity index is 2.13. The first-order valence-electron chi connectivity index (χ1n) is 6.03. The SMILES string of the molecule is COc1cccc(C(=O)NC2CCC(=O)NC2=O)c1O. The van der Waals surface area contributed by atoms with Crippen LogP contribution in [0.15, 0.2) is 18.2 Å². The summed E-state index contributed by atoms with van der Waals surface area (Å²) in [6, 6.07) is 3.69. The van der Waals surface area contributed by atoms with Crippen molar-refractivity contribution >= 4 is 17.7 Å². The molecule has 1 aromatic carbocycles. The third-order valence-electron chi connectivity index (χ3n) is 3.01. The van der Waals surface area contributed by atoms with Crippen LogP contribution in [0.4, 0.5) is 0 Å². The highest BCUT2D eigenvalue weighted by atomic mass is 16.5. The molecule has 1 heterocycles. The van der Waals surface area contributed by atoms with E-state index < -0.39 is 17.9 Å². The minimum atomic E-state index is -0.786. The Morgan fingerprint density at radius 3 is 2.85 bits per heavy atom.